The van der Waals surface area contributed by atoms with Crippen LogP contribution >= 0.6 is 11.3 Å². The summed E-state index contributed by atoms with van der Waals surface area (Å²) in [6.07, 6.45) is 3.22. The molecule has 0 atom stereocenters. The van der Waals surface area contributed by atoms with Gasteiger partial charge >= 0.3 is 0 Å². The summed E-state index contributed by atoms with van der Waals surface area (Å²) in [5.74, 6) is 0.203. The Morgan fingerprint density at radius 3 is 2.43 bits per heavy atom. The van der Waals surface area contributed by atoms with E-state index in [1.54, 1.807) is 23.6 Å². The number of hydrogen-bond acceptors (Lipinski definition) is 5. The van der Waals surface area contributed by atoms with Gasteiger partial charge in [0.1, 0.15) is 0 Å². The number of carbonyl (C=O) groups is 1. The predicted molar refractivity (Wildman–Crippen MR) is 112 cm³/mol. The first-order chi connectivity index (χ1) is 13.4. The molecule has 0 saturated heterocycles. The van der Waals surface area contributed by atoms with Crippen molar-refractivity contribution in [1.82, 2.24) is 4.98 Å². The van der Waals surface area contributed by atoms with Crippen LogP contribution in [-0.4, -0.2) is 15.8 Å². The van der Waals surface area contributed by atoms with Gasteiger partial charge in [-0.2, -0.15) is 0 Å². The highest BCUT2D eigenvalue weighted by atomic mass is 32.1. The molecule has 1 heterocycles. The standard InChI is InChI=1S/C21H19N3O3S/c1-14(2)16-6-3-15(4-7-16)5-12-20(25)23-21-22-19(13-28-21)17-8-10-18(11-9-17)24(26)27/h3-14H,1-2H3,(H,22,23,25)/b12-5+. The van der Waals surface area contributed by atoms with Crippen molar-refractivity contribution in [2.45, 2.75) is 19.8 Å². The average molecular weight is 393 g/mol. The molecule has 0 radical (unpaired) electrons. The Morgan fingerprint density at radius 2 is 1.82 bits per heavy atom. The lowest BCUT2D eigenvalue weighted by molar-refractivity contribution is -0.384. The van der Waals surface area contributed by atoms with Crippen molar-refractivity contribution in [3.8, 4) is 11.3 Å². The smallest absolute Gasteiger partial charge is 0.269 e. The largest absolute Gasteiger partial charge is 0.298 e. The molecule has 142 valence electrons. The molecule has 0 bridgehead atoms. The number of hydrogen-bond donors (Lipinski definition) is 1. The van der Waals surface area contributed by atoms with Gasteiger partial charge in [0.05, 0.1) is 10.6 Å². The maximum atomic E-state index is 12.1. The molecule has 1 N–H and O–H groups in total. The molecular weight excluding hydrogens is 374 g/mol. The summed E-state index contributed by atoms with van der Waals surface area (Å²) in [7, 11) is 0. The second-order valence-electron chi connectivity index (χ2n) is 6.49. The second-order valence-corrected chi connectivity index (χ2v) is 7.34. The first-order valence-electron chi connectivity index (χ1n) is 8.72. The highest BCUT2D eigenvalue weighted by Gasteiger charge is 2.09. The molecule has 1 aromatic heterocycles. The van der Waals surface area contributed by atoms with Gasteiger partial charge in [-0.05, 0) is 35.3 Å². The summed E-state index contributed by atoms with van der Waals surface area (Å²) in [6, 6.07) is 14.2. The van der Waals surface area contributed by atoms with Crippen LogP contribution in [-0.2, 0) is 4.79 Å². The first kappa shape index (κ1) is 19.4. The van der Waals surface area contributed by atoms with Crippen LogP contribution in [0.4, 0.5) is 10.8 Å². The lowest BCUT2D eigenvalue weighted by Crippen LogP contribution is -2.07. The van der Waals surface area contributed by atoms with Crippen molar-refractivity contribution in [3.63, 3.8) is 0 Å². The zero-order valence-electron chi connectivity index (χ0n) is 15.5. The number of thiazole rings is 1. The molecule has 2 aromatic carbocycles. The summed E-state index contributed by atoms with van der Waals surface area (Å²) in [4.78, 5) is 26.8. The topological polar surface area (TPSA) is 85.1 Å². The summed E-state index contributed by atoms with van der Waals surface area (Å²) in [5, 5.41) is 15.7. The molecule has 0 aliphatic carbocycles. The summed E-state index contributed by atoms with van der Waals surface area (Å²) < 4.78 is 0. The molecule has 0 saturated carbocycles. The van der Waals surface area contributed by atoms with E-state index in [0.717, 1.165) is 11.1 Å². The maximum absolute atomic E-state index is 12.1. The van der Waals surface area contributed by atoms with Gasteiger partial charge in [0.2, 0.25) is 5.91 Å². The number of nitrogens with one attached hydrogen (secondary N) is 1. The van der Waals surface area contributed by atoms with Crippen molar-refractivity contribution in [2.75, 3.05) is 5.32 Å². The number of anilines is 1. The van der Waals surface area contributed by atoms with Crippen LogP contribution in [0.2, 0.25) is 0 Å². The van der Waals surface area contributed by atoms with Crippen molar-refractivity contribution in [1.29, 1.82) is 0 Å². The zero-order valence-corrected chi connectivity index (χ0v) is 16.3. The molecule has 3 rings (SSSR count). The number of carbonyl (C=O) groups excluding carboxylic acids is 1. The van der Waals surface area contributed by atoms with Crippen LogP contribution in [0.15, 0.2) is 60.0 Å². The number of non-ortho nitro benzene ring substituents is 1. The SMILES string of the molecule is CC(C)c1ccc(/C=C/C(=O)Nc2nc(-c3ccc([N+](=O)[O-])cc3)cs2)cc1. The summed E-state index contributed by atoms with van der Waals surface area (Å²) >= 11 is 1.30. The number of nitrogens with zero attached hydrogens (tertiary/aromatic N) is 2. The Morgan fingerprint density at radius 1 is 1.14 bits per heavy atom. The fourth-order valence-corrected chi connectivity index (χ4v) is 3.25. The lowest BCUT2D eigenvalue weighted by atomic mass is 10.0. The van der Waals surface area contributed by atoms with Gasteiger partial charge in [0.15, 0.2) is 5.13 Å². The molecular formula is C21H19N3O3S. The third kappa shape index (κ3) is 4.89. The maximum Gasteiger partial charge on any atom is 0.269 e. The number of rotatable bonds is 6. The number of benzene rings is 2. The van der Waals surface area contributed by atoms with Crippen LogP contribution in [0.1, 0.15) is 30.9 Å². The highest BCUT2D eigenvalue weighted by Crippen LogP contribution is 2.26. The fraction of sp³-hybridized carbons (Fsp3) is 0.143. The van der Waals surface area contributed by atoms with Crippen LogP contribution in [0.5, 0.6) is 0 Å². The monoisotopic (exact) mass is 393 g/mol. The van der Waals surface area contributed by atoms with E-state index in [9.17, 15) is 14.9 Å². The van der Waals surface area contributed by atoms with Crippen LogP contribution in [0, 0.1) is 10.1 Å². The van der Waals surface area contributed by atoms with Crippen molar-refractivity contribution in [3.05, 3.63) is 81.2 Å². The van der Waals surface area contributed by atoms with Crippen LogP contribution in [0.25, 0.3) is 17.3 Å². The van der Waals surface area contributed by atoms with Gasteiger partial charge in [0.25, 0.3) is 5.69 Å². The Hall–Kier alpha value is -3.32. The number of nitro groups is 1. The minimum absolute atomic E-state index is 0.0269. The lowest BCUT2D eigenvalue weighted by Gasteiger charge is -2.04. The third-order valence-corrected chi connectivity index (χ3v) is 4.90. The van der Waals surface area contributed by atoms with E-state index >= 15 is 0 Å². The van der Waals surface area contributed by atoms with Gasteiger partial charge in [-0.3, -0.25) is 20.2 Å². The van der Waals surface area contributed by atoms with E-state index in [1.807, 2.05) is 12.1 Å². The van der Waals surface area contributed by atoms with Gasteiger partial charge in [0, 0.05) is 29.2 Å². The normalized spacial score (nSPS) is 11.1. The van der Waals surface area contributed by atoms with Crippen LogP contribution in [0.3, 0.4) is 0 Å². The number of aromatic nitrogens is 1. The molecule has 0 spiro atoms. The second kappa shape index (κ2) is 8.58. The Labute approximate surface area is 166 Å². The Kier molecular flexibility index (Phi) is 5.96. The average Bonchev–Trinajstić information content (AvgIpc) is 3.15. The minimum Gasteiger partial charge on any atom is -0.298 e. The van der Waals surface area contributed by atoms with Gasteiger partial charge in [-0.15, -0.1) is 11.3 Å². The van der Waals surface area contributed by atoms with Crippen molar-refractivity contribution in [2.24, 2.45) is 0 Å². The quantitative estimate of drug-likeness (QED) is 0.341. The molecule has 7 heteroatoms. The highest BCUT2D eigenvalue weighted by molar-refractivity contribution is 7.14. The molecule has 0 aliphatic heterocycles. The molecule has 0 fully saturated rings. The van der Waals surface area contributed by atoms with E-state index in [2.05, 4.69) is 36.3 Å². The van der Waals surface area contributed by atoms with Crippen LogP contribution < -0.4 is 5.32 Å². The third-order valence-electron chi connectivity index (χ3n) is 4.14. The van der Waals surface area contributed by atoms with Gasteiger partial charge in [-0.25, -0.2) is 4.98 Å². The number of nitro benzene ring substituents is 1. The summed E-state index contributed by atoms with van der Waals surface area (Å²) in [5.41, 5.74) is 3.64. The summed E-state index contributed by atoms with van der Waals surface area (Å²) in [6.45, 7) is 4.27. The Bertz CT molecular complexity index is 1010. The minimum atomic E-state index is -0.445. The molecule has 6 nitrogen and oxygen atoms in total. The Balaban J connectivity index is 1.62. The molecule has 28 heavy (non-hydrogen) atoms. The van der Waals surface area contributed by atoms with E-state index in [4.69, 9.17) is 0 Å². The van der Waals surface area contributed by atoms with E-state index in [1.165, 1.54) is 35.1 Å². The van der Waals surface area contributed by atoms with Gasteiger partial charge < -0.3 is 0 Å². The predicted octanol–water partition coefficient (Wildman–Crippen LogP) is 5.49. The van der Waals surface area contributed by atoms with Crippen molar-refractivity contribution >= 4 is 34.1 Å². The van der Waals surface area contributed by atoms with Crippen molar-refractivity contribution < 1.29 is 9.72 Å². The first-order valence-corrected chi connectivity index (χ1v) is 9.60. The fourth-order valence-electron chi connectivity index (χ4n) is 2.53. The zero-order chi connectivity index (χ0) is 20.1. The molecule has 1 amide bonds. The van der Waals surface area contributed by atoms with E-state index < -0.39 is 4.92 Å². The molecule has 0 unspecified atom stereocenters. The van der Waals surface area contributed by atoms with E-state index in [0.29, 0.717) is 16.7 Å². The number of amides is 1. The van der Waals surface area contributed by atoms with E-state index in [-0.39, 0.29) is 11.6 Å². The van der Waals surface area contributed by atoms with Gasteiger partial charge in [-0.1, -0.05) is 38.1 Å². The molecule has 3 aromatic rings. The molecule has 0 aliphatic rings.